The Bertz CT molecular complexity index is 743. The number of methoxy groups -OCH3 is 1. The molecule has 0 aromatic carbocycles. The Kier molecular flexibility index (Phi) is 9.36. The van der Waals surface area contributed by atoms with E-state index >= 15 is 0 Å². The van der Waals surface area contributed by atoms with Gasteiger partial charge < -0.3 is 24.7 Å². The van der Waals surface area contributed by atoms with Crippen LogP contribution in [0.2, 0.25) is 0 Å². The number of piperidine rings is 1. The lowest BCUT2D eigenvalue weighted by Gasteiger charge is -2.32. The average molecular weight is 422 g/mol. The van der Waals surface area contributed by atoms with Crippen LogP contribution in [0.1, 0.15) is 59.9 Å². The highest BCUT2D eigenvalue weighted by Gasteiger charge is 2.28. The van der Waals surface area contributed by atoms with E-state index in [-0.39, 0.29) is 23.7 Å². The summed E-state index contributed by atoms with van der Waals surface area (Å²) in [4.78, 5) is 42.1. The average Bonchev–Trinajstić information content (AvgIpc) is 3.03. The first-order valence-corrected chi connectivity index (χ1v) is 10.8. The van der Waals surface area contributed by atoms with Crippen molar-refractivity contribution in [3.63, 3.8) is 0 Å². The molecule has 1 aliphatic rings. The standard InChI is InChI=1S/C22H35N3O5/c1-5-30-22(28)20-15(2)18(16(3)24-20)9-10-19(26)25-12-6-8-17(14-25)21(27)23-11-7-13-29-4/h17,24H,5-14H2,1-4H3,(H,23,27). The number of hydrogen-bond donors (Lipinski definition) is 2. The highest BCUT2D eigenvalue weighted by Crippen LogP contribution is 2.22. The lowest BCUT2D eigenvalue weighted by Crippen LogP contribution is -2.45. The number of aryl methyl sites for hydroxylation is 1. The van der Waals surface area contributed by atoms with Gasteiger partial charge in [-0.2, -0.15) is 0 Å². The molecule has 2 rings (SSSR count). The fourth-order valence-electron chi connectivity index (χ4n) is 3.95. The van der Waals surface area contributed by atoms with E-state index in [0.717, 1.165) is 36.1 Å². The SMILES string of the molecule is CCOC(=O)c1[nH]c(C)c(CCC(=O)N2CCCC(C(=O)NCCCOC)C2)c1C. The summed E-state index contributed by atoms with van der Waals surface area (Å²) in [6.07, 6.45) is 3.32. The van der Waals surface area contributed by atoms with E-state index in [1.54, 1.807) is 18.9 Å². The predicted molar refractivity (Wildman–Crippen MR) is 113 cm³/mol. The first-order chi connectivity index (χ1) is 14.4. The number of likely N-dealkylation sites (tertiary alicyclic amines) is 1. The van der Waals surface area contributed by atoms with Gasteiger partial charge in [0.25, 0.3) is 0 Å². The minimum atomic E-state index is -0.369. The molecule has 168 valence electrons. The maximum atomic E-state index is 12.8. The molecule has 1 aliphatic heterocycles. The molecule has 1 unspecified atom stereocenters. The molecule has 0 spiro atoms. The molecule has 0 bridgehead atoms. The molecule has 1 aromatic heterocycles. The third-order valence-electron chi connectivity index (χ3n) is 5.63. The second-order valence-corrected chi connectivity index (χ2v) is 7.77. The Labute approximate surface area is 178 Å². The van der Waals surface area contributed by atoms with Crippen LogP contribution < -0.4 is 5.32 Å². The van der Waals surface area contributed by atoms with Gasteiger partial charge in [0, 0.05) is 45.5 Å². The van der Waals surface area contributed by atoms with Crippen molar-refractivity contribution in [1.29, 1.82) is 0 Å². The molecule has 2 N–H and O–H groups in total. The zero-order valence-electron chi connectivity index (χ0n) is 18.6. The lowest BCUT2D eigenvalue weighted by atomic mass is 9.96. The molecular formula is C22H35N3O5. The molecule has 8 heteroatoms. The quantitative estimate of drug-likeness (QED) is 0.445. The van der Waals surface area contributed by atoms with Crippen LogP contribution in [0.25, 0.3) is 0 Å². The fraction of sp³-hybridized carbons (Fsp3) is 0.682. The third-order valence-corrected chi connectivity index (χ3v) is 5.63. The minimum Gasteiger partial charge on any atom is -0.461 e. The zero-order chi connectivity index (χ0) is 22.1. The number of rotatable bonds is 10. The molecule has 8 nitrogen and oxygen atoms in total. The van der Waals surface area contributed by atoms with E-state index < -0.39 is 0 Å². The van der Waals surface area contributed by atoms with Crippen LogP contribution in [0.15, 0.2) is 0 Å². The second-order valence-electron chi connectivity index (χ2n) is 7.77. The van der Waals surface area contributed by atoms with E-state index in [9.17, 15) is 14.4 Å². The lowest BCUT2D eigenvalue weighted by molar-refractivity contribution is -0.135. The maximum Gasteiger partial charge on any atom is 0.355 e. The first-order valence-electron chi connectivity index (χ1n) is 10.8. The van der Waals surface area contributed by atoms with Gasteiger partial charge in [-0.15, -0.1) is 0 Å². The van der Waals surface area contributed by atoms with Crippen molar-refractivity contribution in [2.45, 2.75) is 52.9 Å². The Balaban J connectivity index is 1.89. The minimum absolute atomic E-state index is 0.0139. The summed E-state index contributed by atoms with van der Waals surface area (Å²) in [5.74, 6) is -0.466. The molecular weight excluding hydrogens is 386 g/mol. The number of hydrogen-bond acceptors (Lipinski definition) is 5. The van der Waals surface area contributed by atoms with Gasteiger partial charge >= 0.3 is 5.97 Å². The van der Waals surface area contributed by atoms with Gasteiger partial charge in [-0.05, 0) is 57.6 Å². The number of aromatic amines is 1. The van der Waals surface area contributed by atoms with Crippen LogP contribution in [-0.2, 0) is 25.5 Å². The molecule has 0 aliphatic carbocycles. The smallest absolute Gasteiger partial charge is 0.355 e. The Hall–Kier alpha value is -2.35. The van der Waals surface area contributed by atoms with Crippen molar-refractivity contribution in [3.8, 4) is 0 Å². The summed E-state index contributed by atoms with van der Waals surface area (Å²) in [6, 6.07) is 0. The van der Waals surface area contributed by atoms with Crippen molar-refractivity contribution in [2.24, 2.45) is 5.92 Å². The van der Waals surface area contributed by atoms with Gasteiger partial charge in [0.1, 0.15) is 5.69 Å². The number of H-pyrrole nitrogens is 1. The zero-order valence-corrected chi connectivity index (χ0v) is 18.6. The van der Waals surface area contributed by atoms with Crippen LogP contribution >= 0.6 is 0 Å². The number of carbonyl (C=O) groups excluding carboxylic acids is 3. The van der Waals surface area contributed by atoms with Crippen LogP contribution in [-0.4, -0.2) is 67.6 Å². The monoisotopic (exact) mass is 421 g/mol. The third kappa shape index (κ3) is 6.32. The number of nitrogens with zero attached hydrogens (tertiary/aromatic N) is 1. The van der Waals surface area contributed by atoms with Crippen LogP contribution in [0.4, 0.5) is 0 Å². The Morgan fingerprint density at radius 1 is 1.27 bits per heavy atom. The van der Waals surface area contributed by atoms with E-state index in [1.165, 1.54) is 0 Å². The van der Waals surface area contributed by atoms with Gasteiger partial charge in [0.15, 0.2) is 0 Å². The Morgan fingerprint density at radius 3 is 2.73 bits per heavy atom. The number of esters is 1. The van der Waals surface area contributed by atoms with Gasteiger partial charge in [-0.1, -0.05) is 0 Å². The second kappa shape index (κ2) is 11.7. The van der Waals surface area contributed by atoms with Gasteiger partial charge in [0.05, 0.1) is 12.5 Å². The van der Waals surface area contributed by atoms with E-state index in [4.69, 9.17) is 9.47 Å². The van der Waals surface area contributed by atoms with Crippen LogP contribution in [0.3, 0.4) is 0 Å². The molecule has 1 atom stereocenters. The highest BCUT2D eigenvalue weighted by atomic mass is 16.5. The van der Waals surface area contributed by atoms with E-state index in [0.29, 0.717) is 51.4 Å². The van der Waals surface area contributed by atoms with Crippen LogP contribution in [0.5, 0.6) is 0 Å². The van der Waals surface area contributed by atoms with E-state index in [2.05, 4.69) is 10.3 Å². The molecule has 2 heterocycles. The van der Waals surface area contributed by atoms with Gasteiger partial charge in [-0.25, -0.2) is 4.79 Å². The number of amides is 2. The van der Waals surface area contributed by atoms with Crippen molar-refractivity contribution in [1.82, 2.24) is 15.2 Å². The number of aromatic nitrogens is 1. The van der Waals surface area contributed by atoms with Gasteiger partial charge in [0.2, 0.25) is 11.8 Å². The molecule has 0 saturated carbocycles. The molecule has 2 amide bonds. The molecule has 1 aromatic rings. The summed E-state index contributed by atoms with van der Waals surface area (Å²) in [7, 11) is 1.64. The van der Waals surface area contributed by atoms with Crippen molar-refractivity contribution in [3.05, 3.63) is 22.5 Å². The molecule has 1 fully saturated rings. The summed E-state index contributed by atoms with van der Waals surface area (Å²) in [5, 5.41) is 2.94. The summed E-state index contributed by atoms with van der Waals surface area (Å²) < 4.78 is 10.1. The van der Waals surface area contributed by atoms with Crippen LogP contribution in [0, 0.1) is 19.8 Å². The largest absolute Gasteiger partial charge is 0.461 e. The molecule has 30 heavy (non-hydrogen) atoms. The van der Waals surface area contributed by atoms with E-state index in [1.807, 2.05) is 13.8 Å². The van der Waals surface area contributed by atoms with Gasteiger partial charge in [-0.3, -0.25) is 9.59 Å². The number of nitrogens with one attached hydrogen (secondary N) is 2. The number of carbonyl (C=O) groups is 3. The molecule has 1 saturated heterocycles. The van der Waals surface area contributed by atoms with Crippen molar-refractivity contribution < 1.29 is 23.9 Å². The summed E-state index contributed by atoms with van der Waals surface area (Å²) in [5.41, 5.74) is 3.16. The summed E-state index contributed by atoms with van der Waals surface area (Å²) >= 11 is 0. The maximum absolute atomic E-state index is 12.8. The summed E-state index contributed by atoms with van der Waals surface area (Å²) in [6.45, 7) is 8.23. The normalized spacial score (nSPS) is 16.4. The Morgan fingerprint density at radius 2 is 2.03 bits per heavy atom. The first kappa shape index (κ1) is 23.9. The molecule has 0 radical (unpaired) electrons. The highest BCUT2D eigenvalue weighted by molar-refractivity contribution is 5.90. The number of ether oxygens (including phenoxy) is 2. The fourth-order valence-corrected chi connectivity index (χ4v) is 3.95. The predicted octanol–water partition coefficient (Wildman–Crippen LogP) is 2.13. The topological polar surface area (TPSA) is 101 Å². The van der Waals surface area contributed by atoms with Crippen molar-refractivity contribution in [2.75, 3.05) is 40.0 Å². The van der Waals surface area contributed by atoms with Crippen molar-refractivity contribution >= 4 is 17.8 Å².